The zero-order chi connectivity index (χ0) is 15.5. The lowest BCUT2D eigenvalue weighted by Gasteiger charge is -2.19. The molecule has 0 radical (unpaired) electrons. The van der Waals surface area contributed by atoms with Crippen LogP contribution in [0.15, 0.2) is 64.0 Å². The van der Waals surface area contributed by atoms with Crippen molar-refractivity contribution in [2.45, 2.75) is 15.8 Å². The minimum Gasteiger partial charge on any atom is -0.255 e. The fourth-order valence-corrected chi connectivity index (χ4v) is 3.55. The standard InChI is InChI=1S/C14H11BrCl2O3S/c15-11-8-6-10(7-9-11)13(14(16)17)20-21(18,19)12-4-2-1-3-5-12/h1-9,13-14H/t13-/m1/s1. The van der Waals surface area contributed by atoms with Gasteiger partial charge in [-0.3, -0.25) is 4.18 Å². The van der Waals surface area contributed by atoms with E-state index < -0.39 is 21.1 Å². The van der Waals surface area contributed by atoms with E-state index >= 15 is 0 Å². The zero-order valence-electron chi connectivity index (χ0n) is 10.6. The summed E-state index contributed by atoms with van der Waals surface area (Å²) in [7, 11) is -3.94. The maximum absolute atomic E-state index is 12.2. The van der Waals surface area contributed by atoms with E-state index in [-0.39, 0.29) is 4.90 Å². The molecule has 7 heteroatoms. The quantitative estimate of drug-likeness (QED) is 0.531. The van der Waals surface area contributed by atoms with Crippen LogP contribution >= 0.6 is 39.1 Å². The van der Waals surface area contributed by atoms with Gasteiger partial charge in [0.2, 0.25) is 0 Å². The minimum absolute atomic E-state index is 0.0566. The summed E-state index contributed by atoms with van der Waals surface area (Å²) in [6.07, 6.45) is -0.980. The Morgan fingerprint density at radius 1 is 0.952 bits per heavy atom. The van der Waals surface area contributed by atoms with Gasteiger partial charge < -0.3 is 0 Å². The molecule has 0 spiro atoms. The van der Waals surface area contributed by atoms with Gasteiger partial charge in [-0.05, 0) is 29.8 Å². The second kappa shape index (κ2) is 7.11. The molecular formula is C14H11BrCl2O3S. The second-order valence-corrected chi connectivity index (χ2v) is 7.82. The molecule has 0 fully saturated rings. The molecule has 112 valence electrons. The molecule has 0 saturated heterocycles. The second-order valence-electron chi connectivity index (χ2n) is 4.17. The number of hydrogen-bond acceptors (Lipinski definition) is 3. The van der Waals surface area contributed by atoms with E-state index in [1.165, 1.54) is 12.1 Å². The Bertz CT molecular complexity index is 688. The summed E-state index contributed by atoms with van der Waals surface area (Å²) in [5, 5.41) is 0. The van der Waals surface area contributed by atoms with Crippen molar-refractivity contribution < 1.29 is 12.6 Å². The third kappa shape index (κ3) is 4.44. The Kier molecular flexibility index (Phi) is 5.68. The van der Waals surface area contributed by atoms with Crippen LogP contribution in [0.3, 0.4) is 0 Å². The molecule has 0 unspecified atom stereocenters. The first-order valence-corrected chi connectivity index (χ1v) is 8.99. The molecule has 0 aliphatic rings. The molecule has 0 aliphatic heterocycles. The number of rotatable bonds is 5. The third-order valence-corrected chi connectivity index (χ3v) is 4.99. The molecule has 3 nitrogen and oxygen atoms in total. The molecule has 0 amide bonds. The van der Waals surface area contributed by atoms with E-state index in [1.807, 2.05) is 0 Å². The van der Waals surface area contributed by atoms with Crippen LogP contribution in [0.2, 0.25) is 0 Å². The summed E-state index contributed by atoms with van der Waals surface area (Å²) in [5.74, 6) is 0. The molecule has 2 aromatic carbocycles. The molecule has 0 saturated carbocycles. The van der Waals surface area contributed by atoms with E-state index in [2.05, 4.69) is 15.9 Å². The molecule has 1 atom stereocenters. The molecule has 0 N–H and O–H groups in total. The smallest absolute Gasteiger partial charge is 0.255 e. The van der Waals surface area contributed by atoms with E-state index in [1.54, 1.807) is 42.5 Å². The van der Waals surface area contributed by atoms with Gasteiger partial charge in [-0.25, -0.2) is 0 Å². The highest BCUT2D eigenvalue weighted by Crippen LogP contribution is 2.32. The predicted octanol–water partition coefficient (Wildman–Crippen LogP) is 4.70. The topological polar surface area (TPSA) is 43.4 Å². The van der Waals surface area contributed by atoms with Crippen molar-refractivity contribution in [2.75, 3.05) is 0 Å². The zero-order valence-corrected chi connectivity index (χ0v) is 14.5. The molecule has 2 rings (SSSR count). The van der Waals surface area contributed by atoms with Crippen LogP contribution in [0.5, 0.6) is 0 Å². The summed E-state index contributed by atoms with van der Waals surface area (Å²) < 4.78 is 30.5. The van der Waals surface area contributed by atoms with E-state index in [0.717, 1.165) is 4.47 Å². The van der Waals surface area contributed by atoms with Crippen molar-refractivity contribution in [3.05, 3.63) is 64.6 Å². The van der Waals surface area contributed by atoms with Gasteiger partial charge in [0.1, 0.15) is 10.9 Å². The fraction of sp³-hybridized carbons (Fsp3) is 0.143. The average Bonchev–Trinajstić information content (AvgIpc) is 2.47. The van der Waals surface area contributed by atoms with Gasteiger partial charge in [0.15, 0.2) is 0 Å². The first kappa shape index (κ1) is 16.8. The number of alkyl halides is 2. The Morgan fingerprint density at radius 3 is 2.05 bits per heavy atom. The number of benzene rings is 2. The summed E-state index contributed by atoms with van der Waals surface area (Å²) >= 11 is 15.1. The van der Waals surface area contributed by atoms with Crippen LogP contribution in [0.25, 0.3) is 0 Å². The van der Waals surface area contributed by atoms with Crippen LogP contribution in [0.4, 0.5) is 0 Å². The molecule has 0 aliphatic carbocycles. The predicted molar refractivity (Wildman–Crippen MR) is 87.1 cm³/mol. The van der Waals surface area contributed by atoms with Crippen LogP contribution in [-0.2, 0) is 14.3 Å². The molecule has 21 heavy (non-hydrogen) atoms. The molecule has 0 aromatic heterocycles. The lowest BCUT2D eigenvalue weighted by Crippen LogP contribution is -2.17. The Morgan fingerprint density at radius 2 is 1.52 bits per heavy atom. The van der Waals surface area contributed by atoms with Crippen molar-refractivity contribution in [1.29, 1.82) is 0 Å². The van der Waals surface area contributed by atoms with Crippen molar-refractivity contribution in [3.8, 4) is 0 Å². The van der Waals surface area contributed by atoms with Gasteiger partial charge in [0.05, 0.1) is 4.90 Å². The summed E-state index contributed by atoms with van der Waals surface area (Å²) in [6, 6.07) is 14.8. The van der Waals surface area contributed by atoms with E-state index in [9.17, 15) is 8.42 Å². The first-order valence-electron chi connectivity index (χ1n) is 5.92. The van der Waals surface area contributed by atoms with Crippen molar-refractivity contribution in [1.82, 2.24) is 0 Å². The molecule has 2 aromatic rings. The summed E-state index contributed by atoms with van der Waals surface area (Å²) in [6.45, 7) is 0. The molecular weight excluding hydrogens is 399 g/mol. The third-order valence-electron chi connectivity index (χ3n) is 2.69. The highest BCUT2D eigenvalue weighted by atomic mass is 79.9. The highest BCUT2D eigenvalue weighted by molar-refractivity contribution is 9.10. The molecule has 0 heterocycles. The Balaban J connectivity index is 2.31. The van der Waals surface area contributed by atoms with E-state index in [4.69, 9.17) is 27.4 Å². The van der Waals surface area contributed by atoms with Crippen LogP contribution in [0, 0.1) is 0 Å². The number of halogens is 3. The summed E-state index contributed by atoms with van der Waals surface area (Å²) in [5.41, 5.74) is 0.577. The average molecular weight is 410 g/mol. The van der Waals surface area contributed by atoms with Crippen LogP contribution in [0.1, 0.15) is 11.7 Å². The van der Waals surface area contributed by atoms with Gasteiger partial charge in [0, 0.05) is 4.47 Å². The maximum Gasteiger partial charge on any atom is 0.297 e. The highest BCUT2D eigenvalue weighted by Gasteiger charge is 2.28. The van der Waals surface area contributed by atoms with Crippen LogP contribution < -0.4 is 0 Å². The Labute approximate surface area is 142 Å². The largest absolute Gasteiger partial charge is 0.297 e. The lowest BCUT2D eigenvalue weighted by molar-refractivity contribution is 0.228. The van der Waals surface area contributed by atoms with Gasteiger partial charge in [-0.15, -0.1) is 23.2 Å². The maximum atomic E-state index is 12.2. The van der Waals surface area contributed by atoms with Crippen molar-refractivity contribution in [2.24, 2.45) is 0 Å². The fourth-order valence-electron chi connectivity index (χ4n) is 1.67. The van der Waals surface area contributed by atoms with Gasteiger partial charge in [-0.1, -0.05) is 46.3 Å². The SMILES string of the molecule is O=S(=O)(O[C@H](c1ccc(Br)cc1)C(Cl)Cl)c1ccccc1. The van der Waals surface area contributed by atoms with Gasteiger partial charge >= 0.3 is 0 Å². The number of hydrogen-bond donors (Lipinski definition) is 0. The van der Waals surface area contributed by atoms with Crippen LogP contribution in [-0.4, -0.2) is 13.3 Å². The monoisotopic (exact) mass is 408 g/mol. The van der Waals surface area contributed by atoms with E-state index in [0.29, 0.717) is 5.56 Å². The lowest BCUT2D eigenvalue weighted by atomic mass is 10.1. The van der Waals surface area contributed by atoms with Crippen molar-refractivity contribution in [3.63, 3.8) is 0 Å². The Hall–Kier alpha value is -0.590. The summed E-state index contributed by atoms with van der Waals surface area (Å²) in [4.78, 5) is -0.967. The van der Waals surface area contributed by atoms with Gasteiger partial charge in [0.25, 0.3) is 10.1 Å². The van der Waals surface area contributed by atoms with Gasteiger partial charge in [-0.2, -0.15) is 8.42 Å². The normalized spacial score (nSPS) is 13.3. The van der Waals surface area contributed by atoms with Crippen molar-refractivity contribution >= 4 is 49.2 Å². The minimum atomic E-state index is -3.94. The molecule has 0 bridgehead atoms. The first-order chi connectivity index (χ1) is 9.90.